The first-order valence-corrected chi connectivity index (χ1v) is 13.0. The highest BCUT2D eigenvalue weighted by atomic mass is 16.5. The minimum atomic E-state index is -0.546. The Bertz CT molecular complexity index is 1460. The summed E-state index contributed by atoms with van der Waals surface area (Å²) in [5, 5.41) is 9.32. The minimum Gasteiger partial charge on any atom is -0.459 e. The van der Waals surface area contributed by atoms with E-state index in [1.54, 1.807) is 42.5 Å². The van der Waals surface area contributed by atoms with Gasteiger partial charge < -0.3 is 9.47 Å². The lowest BCUT2D eigenvalue weighted by Gasteiger charge is -2.33. The number of nitriles is 1. The molecule has 5 rings (SSSR count). The van der Waals surface area contributed by atoms with E-state index in [2.05, 4.69) is 20.8 Å². The third-order valence-electron chi connectivity index (χ3n) is 8.82. The molecular weight excluding hydrogens is 474 g/mol. The molecule has 2 aliphatic carbocycles. The Morgan fingerprint density at radius 2 is 1.76 bits per heavy atom. The number of carbonyl (C=O) groups is 2. The van der Waals surface area contributed by atoms with E-state index < -0.39 is 5.97 Å². The quantitative estimate of drug-likeness (QED) is 0.201. The zero-order valence-corrected chi connectivity index (χ0v) is 21.9. The Morgan fingerprint density at radius 3 is 2.50 bits per heavy atom. The average Bonchev–Trinajstić information content (AvgIpc) is 3.26. The van der Waals surface area contributed by atoms with Crippen molar-refractivity contribution >= 4 is 18.0 Å². The summed E-state index contributed by atoms with van der Waals surface area (Å²) in [4.78, 5) is 25.8. The van der Waals surface area contributed by atoms with E-state index in [1.807, 2.05) is 42.5 Å². The Labute approximate surface area is 223 Å². The van der Waals surface area contributed by atoms with Crippen LogP contribution < -0.4 is 4.74 Å². The van der Waals surface area contributed by atoms with Gasteiger partial charge in [-0.25, -0.2) is 9.59 Å². The summed E-state index contributed by atoms with van der Waals surface area (Å²) >= 11 is 0. The normalized spacial score (nSPS) is 23.2. The average molecular weight is 506 g/mol. The molecule has 0 saturated heterocycles. The predicted molar refractivity (Wildman–Crippen MR) is 146 cm³/mol. The van der Waals surface area contributed by atoms with Gasteiger partial charge in [0.1, 0.15) is 17.9 Å². The largest absolute Gasteiger partial charge is 0.459 e. The third-order valence-corrected chi connectivity index (χ3v) is 8.82. The first-order valence-electron chi connectivity index (χ1n) is 13.0. The van der Waals surface area contributed by atoms with E-state index in [4.69, 9.17) is 9.47 Å². The van der Waals surface area contributed by atoms with Crippen LogP contribution in [0.2, 0.25) is 0 Å². The van der Waals surface area contributed by atoms with Gasteiger partial charge in [-0.1, -0.05) is 69.3 Å². The molecule has 0 aromatic heterocycles. The molecule has 38 heavy (non-hydrogen) atoms. The van der Waals surface area contributed by atoms with Crippen LogP contribution in [-0.2, 0) is 9.53 Å². The molecule has 0 amide bonds. The van der Waals surface area contributed by atoms with Crippen molar-refractivity contribution in [2.24, 2.45) is 16.7 Å². The van der Waals surface area contributed by atoms with Crippen LogP contribution in [0, 0.1) is 28.1 Å². The van der Waals surface area contributed by atoms with Crippen molar-refractivity contribution in [3.63, 3.8) is 0 Å². The second-order valence-electron chi connectivity index (χ2n) is 11.1. The van der Waals surface area contributed by atoms with E-state index in [1.165, 1.54) is 12.5 Å². The standard InChI is InChI=1S/C33H31NO4/c1-32(2)27-17-18-33(32,3)20-29(27)37-30(35)16-15-22-9-8-11-23(19-22)25-12-5-6-13-26(25)31(36)38-28-14-7-4-10-24(28)21-34/h4-16,19,27,29H,17-18,20H2,1-3H3/b16-15+. The second kappa shape index (κ2) is 9.95. The third kappa shape index (κ3) is 4.63. The number of ether oxygens (including phenoxy) is 2. The Balaban J connectivity index is 1.31. The van der Waals surface area contributed by atoms with Crippen molar-refractivity contribution in [1.29, 1.82) is 5.26 Å². The molecule has 3 aromatic carbocycles. The van der Waals surface area contributed by atoms with Crippen LogP contribution in [0.25, 0.3) is 17.2 Å². The number of carbonyl (C=O) groups excluding carboxylic acids is 2. The lowest BCUT2D eigenvalue weighted by atomic mass is 9.71. The molecule has 0 N–H and O–H groups in total. The van der Waals surface area contributed by atoms with E-state index in [0.29, 0.717) is 22.6 Å². The highest BCUT2D eigenvalue weighted by Gasteiger charge is 2.61. The molecule has 192 valence electrons. The number of hydrogen-bond donors (Lipinski definition) is 0. The number of rotatable bonds is 6. The van der Waals surface area contributed by atoms with E-state index >= 15 is 0 Å². The molecule has 0 radical (unpaired) electrons. The molecule has 3 aromatic rings. The lowest BCUT2D eigenvalue weighted by Crippen LogP contribution is -2.27. The first kappa shape index (κ1) is 25.5. The maximum atomic E-state index is 13.1. The summed E-state index contributed by atoms with van der Waals surface area (Å²) in [6.45, 7) is 6.92. The number of nitrogens with zero attached hydrogens (tertiary/aromatic N) is 1. The Morgan fingerprint density at radius 1 is 1.00 bits per heavy atom. The zero-order chi connectivity index (χ0) is 26.9. The van der Waals surface area contributed by atoms with Crippen LogP contribution in [0.1, 0.15) is 61.5 Å². The Kier molecular flexibility index (Phi) is 6.67. The molecule has 3 unspecified atom stereocenters. The monoisotopic (exact) mass is 505 g/mol. The summed E-state index contributed by atoms with van der Waals surface area (Å²) in [7, 11) is 0. The summed E-state index contributed by atoms with van der Waals surface area (Å²) in [6, 6.07) is 23.5. The maximum absolute atomic E-state index is 13.1. The molecule has 0 aliphatic heterocycles. The van der Waals surface area contributed by atoms with E-state index in [-0.39, 0.29) is 28.7 Å². The predicted octanol–water partition coefficient (Wildman–Crippen LogP) is 7.22. The van der Waals surface area contributed by atoms with Gasteiger partial charge in [-0.2, -0.15) is 5.26 Å². The minimum absolute atomic E-state index is 0.0312. The Hall–Kier alpha value is -4.17. The molecule has 0 heterocycles. The van der Waals surface area contributed by atoms with Gasteiger partial charge in [-0.15, -0.1) is 0 Å². The molecule has 2 aliphatic rings. The molecular formula is C33H31NO4. The van der Waals surface area contributed by atoms with Gasteiger partial charge in [-0.3, -0.25) is 0 Å². The fourth-order valence-electron chi connectivity index (χ4n) is 6.21. The molecule has 2 fully saturated rings. The van der Waals surface area contributed by atoms with Gasteiger partial charge in [0, 0.05) is 12.0 Å². The smallest absolute Gasteiger partial charge is 0.344 e. The SMILES string of the molecule is CC12CCC(C(OC(=O)/C=C/c3cccc(-c4ccccc4C(=O)Oc4ccccc4C#N)c3)C1)C2(C)C. The summed E-state index contributed by atoms with van der Waals surface area (Å²) in [5.41, 5.74) is 3.41. The second-order valence-corrected chi connectivity index (χ2v) is 11.1. The molecule has 2 bridgehead atoms. The van der Waals surface area contributed by atoms with Crippen LogP contribution in [0.15, 0.2) is 78.9 Å². The number of esters is 2. The highest BCUT2D eigenvalue weighted by Crippen LogP contribution is 2.66. The number of benzene rings is 3. The number of para-hydroxylation sites is 1. The van der Waals surface area contributed by atoms with E-state index in [0.717, 1.165) is 24.0 Å². The van der Waals surface area contributed by atoms with Crippen molar-refractivity contribution in [2.75, 3.05) is 0 Å². The molecule has 5 nitrogen and oxygen atoms in total. The first-order chi connectivity index (χ1) is 18.2. The van der Waals surface area contributed by atoms with Gasteiger partial charge in [0.15, 0.2) is 0 Å². The van der Waals surface area contributed by atoms with Crippen LogP contribution >= 0.6 is 0 Å². The van der Waals surface area contributed by atoms with E-state index in [9.17, 15) is 14.9 Å². The van der Waals surface area contributed by atoms with Crippen molar-refractivity contribution in [3.05, 3.63) is 95.6 Å². The van der Waals surface area contributed by atoms with Crippen LogP contribution in [0.4, 0.5) is 0 Å². The number of hydrogen-bond acceptors (Lipinski definition) is 5. The van der Waals surface area contributed by atoms with Gasteiger partial charge in [0.2, 0.25) is 0 Å². The maximum Gasteiger partial charge on any atom is 0.344 e. The van der Waals surface area contributed by atoms with Gasteiger partial charge in [0.05, 0.1) is 11.1 Å². The number of fused-ring (bicyclic) bond motifs is 2. The highest BCUT2D eigenvalue weighted by molar-refractivity contribution is 5.99. The van der Waals surface area contributed by atoms with Gasteiger partial charge >= 0.3 is 11.9 Å². The van der Waals surface area contributed by atoms with Crippen LogP contribution in [0.3, 0.4) is 0 Å². The van der Waals surface area contributed by atoms with Crippen molar-refractivity contribution in [1.82, 2.24) is 0 Å². The van der Waals surface area contributed by atoms with Crippen molar-refractivity contribution in [2.45, 2.75) is 46.1 Å². The molecule has 3 atom stereocenters. The fourth-order valence-corrected chi connectivity index (χ4v) is 6.21. The summed E-state index contributed by atoms with van der Waals surface area (Å²) < 4.78 is 11.5. The molecule has 2 saturated carbocycles. The van der Waals surface area contributed by atoms with Crippen LogP contribution in [-0.4, -0.2) is 18.0 Å². The van der Waals surface area contributed by atoms with Crippen molar-refractivity contribution < 1.29 is 19.1 Å². The van der Waals surface area contributed by atoms with Gasteiger partial charge in [-0.05, 0) is 77.1 Å². The summed E-state index contributed by atoms with van der Waals surface area (Å²) in [6.07, 6.45) is 6.43. The molecule has 5 heteroatoms. The summed E-state index contributed by atoms with van der Waals surface area (Å²) in [5.74, 6) is -0.245. The van der Waals surface area contributed by atoms with Crippen molar-refractivity contribution in [3.8, 4) is 22.9 Å². The fraction of sp³-hybridized carbons (Fsp3) is 0.303. The lowest BCUT2D eigenvalue weighted by molar-refractivity contribution is -0.146. The topological polar surface area (TPSA) is 76.4 Å². The van der Waals surface area contributed by atoms with Crippen LogP contribution in [0.5, 0.6) is 5.75 Å². The zero-order valence-electron chi connectivity index (χ0n) is 21.9. The molecule has 0 spiro atoms. The van der Waals surface area contributed by atoms with Gasteiger partial charge in [0.25, 0.3) is 0 Å².